The van der Waals surface area contributed by atoms with Gasteiger partial charge in [0.15, 0.2) is 0 Å². The van der Waals surface area contributed by atoms with Gasteiger partial charge in [-0.05, 0) is 97.3 Å². The zero-order chi connectivity index (χ0) is 37.0. The molecule has 2 fully saturated rings. The molecule has 2 amide bonds. The van der Waals surface area contributed by atoms with Gasteiger partial charge in [0.2, 0.25) is 15.9 Å². The van der Waals surface area contributed by atoms with Crippen LogP contribution in [0.25, 0.3) is 22.2 Å². The Labute approximate surface area is 312 Å². The van der Waals surface area contributed by atoms with Gasteiger partial charge in [-0.1, -0.05) is 37.5 Å². The Kier molecular flexibility index (Phi) is 11.1. The van der Waals surface area contributed by atoms with Crippen LogP contribution in [0.15, 0.2) is 72.8 Å². The number of nitrogens with one attached hydrogen (secondary N) is 2. The highest BCUT2D eigenvalue weighted by Crippen LogP contribution is 2.44. The molecule has 280 valence electrons. The van der Waals surface area contributed by atoms with Crippen LogP contribution in [-0.2, 0) is 28.0 Å². The first-order valence-electron chi connectivity index (χ1n) is 18.8. The van der Waals surface area contributed by atoms with Crippen molar-refractivity contribution in [3.63, 3.8) is 0 Å². The SMILES string of the molecule is CS(=O)(=O)N1CCN(c2ccc(N)cc2COc2ccc(-c3c(C4CCCCC4)c4ccc5cc4n3CC(=O)NCCC=CCCNC5=O)cc2)CC1. The number of carbonyl (C=O) groups excluding carboxylic acids is 2. The van der Waals surface area contributed by atoms with Crippen molar-refractivity contribution < 1.29 is 22.7 Å². The molecule has 0 spiro atoms. The number of nitrogens with two attached hydrogens (primary N) is 1. The minimum absolute atomic E-state index is 0.0629. The normalized spacial score (nSPS) is 18.4. The van der Waals surface area contributed by atoms with Crippen LogP contribution in [0.1, 0.15) is 72.3 Å². The van der Waals surface area contributed by atoms with E-state index in [9.17, 15) is 18.0 Å². The third-order valence-electron chi connectivity index (χ3n) is 10.8. The molecule has 11 nitrogen and oxygen atoms in total. The second kappa shape index (κ2) is 16.1. The van der Waals surface area contributed by atoms with Crippen LogP contribution in [0.2, 0.25) is 0 Å². The molecule has 1 aliphatic carbocycles. The molecule has 1 saturated carbocycles. The number of hydrogen-bond acceptors (Lipinski definition) is 7. The van der Waals surface area contributed by atoms with E-state index in [2.05, 4.69) is 38.3 Å². The first-order valence-corrected chi connectivity index (χ1v) is 20.7. The summed E-state index contributed by atoms with van der Waals surface area (Å²) in [6.07, 6.45) is 12.5. The van der Waals surface area contributed by atoms with Crippen molar-refractivity contribution in [3.05, 3.63) is 89.5 Å². The van der Waals surface area contributed by atoms with Crippen LogP contribution in [0, 0.1) is 0 Å². The maximum absolute atomic E-state index is 13.5. The number of carbonyl (C=O) groups is 2. The number of rotatable bonds is 7. The molecule has 0 unspecified atom stereocenters. The highest BCUT2D eigenvalue weighted by atomic mass is 32.2. The number of fused-ring (bicyclic) bond motifs is 1. The van der Waals surface area contributed by atoms with Gasteiger partial charge in [0.1, 0.15) is 18.9 Å². The topological polar surface area (TPSA) is 139 Å². The quantitative estimate of drug-likeness (QED) is 0.161. The molecule has 2 aliphatic heterocycles. The molecular weight excluding hydrogens is 689 g/mol. The molecule has 12 heteroatoms. The Bertz CT molecular complexity index is 2090. The number of ether oxygens (including phenoxy) is 1. The Morgan fingerprint density at radius 2 is 1.53 bits per heavy atom. The first-order chi connectivity index (χ1) is 25.7. The molecule has 0 radical (unpaired) electrons. The van der Waals surface area contributed by atoms with Crippen LogP contribution in [0.3, 0.4) is 0 Å². The van der Waals surface area contributed by atoms with E-state index in [0.717, 1.165) is 71.9 Å². The molecule has 4 N–H and O–H groups in total. The summed E-state index contributed by atoms with van der Waals surface area (Å²) in [5, 5.41) is 7.25. The summed E-state index contributed by atoms with van der Waals surface area (Å²) in [5.41, 5.74) is 13.5. The highest BCUT2D eigenvalue weighted by Gasteiger charge is 2.28. The molecule has 1 saturated heterocycles. The Morgan fingerprint density at radius 3 is 2.25 bits per heavy atom. The smallest absolute Gasteiger partial charge is 0.251 e. The minimum atomic E-state index is -3.23. The van der Waals surface area contributed by atoms with Crippen molar-refractivity contribution in [2.75, 3.05) is 56.2 Å². The van der Waals surface area contributed by atoms with Crippen molar-refractivity contribution in [1.82, 2.24) is 19.5 Å². The summed E-state index contributed by atoms with van der Waals surface area (Å²) in [6, 6.07) is 19.8. The van der Waals surface area contributed by atoms with Crippen molar-refractivity contribution >= 4 is 44.1 Å². The van der Waals surface area contributed by atoms with Gasteiger partial charge >= 0.3 is 0 Å². The summed E-state index contributed by atoms with van der Waals surface area (Å²) in [6.45, 7) is 3.55. The fourth-order valence-electron chi connectivity index (χ4n) is 8.06. The number of anilines is 2. The van der Waals surface area contributed by atoms with E-state index < -0.39 is 10.0 Å². The molecule has 3 aliphatic rings. The molecular formula is C41H50N6O5S. The predicted octanol–water partition coefficient (Wildman–Crippen LogP) is 5.79. The fraction of sp³-hybridized carbons (Fsp3) is 0.415. The van der Waals surface area contributed by atoms with Crippen molar-refractivity contribution in [3.8, 4) is 17.0 Å². The van der Waals surface area contributed by atoms with Crippen molar-refractivity contribution in [2.24, 2.45) is 0 Å². The average Bonchev–Trinajstić information content (AvgIpc) is 3.47. The largest absolute Gasteiger partial charge is 0.489 e. The molecule has 0 atom stereocenters. The predicted molar refractivity (Wildman–Crippen MR) is 211 cm³/mol. The van der Waals surface area contributed by atoms with E-state index >= 15 is 0 Å². The molecule has 1 aromatic heterocycles. The van der Waals surface area contributed by atoms with E-state index in [4.69, 9.17) is 10.5 Å². The lowest BCUT2D eigenvalue weighted by Crippen LogP contribution is -2.48. The van der Waals surface area contributed by atoms with Gasteiger partial charge < -0.3 is 30.6 Å². The number of piperazine rings is 1. The van der Waals surface area contributed by atoms with Crippen LogP contribution in [0.4, 0.5) is 11.4 Å². The Hall–Kier alpha value is -4.81. The number of nitrogen functional groups attached to an aromatic ring is 1. The summed E-state index contributed by atoms with van der Waals surface area (Å²) in [7, 11) is -3.23. The number of hydrogen-bond donors (Lipinski definition) is 3. The molecule has 7 rings (SSSR count). The van der Waals surface area contributed by atoms with Gasteiger partial charge in [-0.15, -0.1) is 0 Å². The lowest BCUT2D eigenvalue weighted by atomic mass is 9.81. The van der Waals surface area contributed by atoms with Crippen molar-refractivity contribution in [2.45, 2.75) is 64.0 Å². The van der Waals surface area contributed by atoms with E-state index in [1.165, 1.54) is 22.5 Å². The summed E-state index contributed by atoms with van der Waals surface area (Å²) in [5.74, 6) is 0.862. The summed E-state index contributed by atoms with van der Waals surface area (Å²) < 4.78 is 34.1. The third kappa shape index (κ3) is 8.39. The van der Waals surface area contributed by atoms with E-state index in [0.29, 0.717) is 68.8 Å². The Balaban J connectivity index is 1.20. The minimum Gasteiger partial charge on any atom is -0.489 e. The van der Waals surface area contributed by atoms with E-state index in [1.54, 1.807) is 0 Å². The van der Waals surface area contributed by atoms with Crippen LogP contribution < -0.4 is 26.0 Å². The maximum atomic E-state index is 13.5. The van der Waals surface area contributed by atoms with Gasteiger partial charge in [0, 0.05) is 67.2 Å². The lowest BCUT2D eigenvalue weighted by Gasteiger charge is -2.35. The number of amides is 2. The van der Waals surface area contributed by atoms with Crippen LogP contribution in [-0.4, -0.2) is 74.6 Å². The average molecular weight is 739 g/mol. The first kappa shape index (κ1) is 36.5. The van der Waals surface area contributed by atoms with Gasteiger partial charge in [0.05, 0.1) is 17.5 Å². The number of aromatic nitrogens is 1. The van der Waals surface area contributed by atoms with Gasteiger partial charge in [0.25, 0.3) is 5.91 Å². The van der Waals surface area contributed by atoms with Gasteiger partial charge in [-0.3, -0.25) is 9.59 Å². The summed E-state index contributed by atoms with van der Waals surface area (Å²) in [4.78, 5) is 28.9. The zero-order valence-corrected chi connectivity index (χ0v) is 31.3. The number of benzene rings is 3. The second-order valence-electron chi connectivity index (χ2n) is 14.4. The molecule has 2 bridgehead atoms. The Morgan fingerprint density at radius 1 is 0.830 bits per heavy atom. The zero-order valence-electron chi connectivity index (χ0n) is 30.5. The van der Waals surface area contributed by atoms with E-state index in [-0.39, 0.29) is 18.4 Å². The lowest BCUT2D eigenvalue weighted by molar-refractivity contribution is -0.121. The number of nitrogens with zero attached hydrogens (tertiary/aromatic N) is 3. The maximum Gasteiger partial charge on any atom is 0.251 e. The highest BCUT2D eigenvalue weighted by molar-refractivity contribution is 7.88. The fourth-order valence-corrected chi connectivity index (χ4v) is 8.89. The van der Waals surface area contributed by atoms with E-state index in [1.807, 2.05) is 54.6 Å². The number of sulfonamides is 1. The molecule has 53 heavy (non-hydrogen) atoms. The van der Waals surface area contributed by atoms with Gasteiger partial charge in [-0.25, -0.2) is 8.42 Å². The monoisotopic (exact) mass is 738 g/mol. The molecule has 3 heterocycles. The molecule has 4 aromatic rings. The summed E-state index contributed by atoms with van der Waals surface area (Å²) >= 11 is 0. The van der Waals surface area contributed by atoms with Crippen LogP contribution >= 0.6 is 0 Å². The molecule has 3 aromatic carbocycles. The second-order valence-corrected chi connectivity index (χ2v) is 16.4. The van der Waals surface area contributed by atoms with Crippen molar-refractivity contribution in [1.29, 1.82) is 0 Å². The standard InChI is InChI=1S/C41H50N6O5S/c1-53(50,51)46-23-21-45(22-24-46)36-18-14-33(42)25-32(36)28-52-34-15-11-30(12-16-34)40-39(29-9-5-4-6-10-29)35-17-13-31-26-37(35)47(40)27-38(48)43-19-7-2-3-8-20-44-41(31)49/h2-3,11-18,25-26,29H,4-10,19-24,27-28,42H2,1H3,(H,43,48)(H,44,49). The van der Waals surface area contributed by atoms with Gasteiger partial charge in [-0.2, -0.15) is 4.31 Å². The third-order valence-corrected chi connectivity index (χ3v) is 12.1. The van der Waals surface area contributed by atoms with Crippen LogP contribution in [0.5, 0.6) is 5.75 Å².